The molecule has 88 valence electrons. The highest BCUT2D eigenvalue weighted by atomic mass is 19.1. The van der Waals surface area contributed by atoms with Crippen LogP contribution in [-0.4, -0.2) is 15.1 Å². The first kappa shape index (κ1) is 11.7. The number of aliphatic hydroxyl groups is 1. The van der Waals surface area contributed by atoms with Crippen molar-refractivity contribution in [1.29, 1.82) is 0 Å². The molecule has 1 atom stereocenters. The van der Waals surface area contributed by atoms with Crippen molar-refractivity contribution in [1.82, 2.24) is 9.97 Å². The molecule has 0 spiro atoms. The molecule has 4 heteroatoms. The summed E-state index contributed by atoms with van der Waals surface area (Å²) in [5, 5.41) is 10.3. The second-order valence-corrected chi connectivity index (χ2v) is 4.16. The number of rotatable bonds is 3. The molecular weight excluding hydrogens is 219 g/mol. The van der Waals surface area contributed by atoms with Gasteiger partial charge >= 0.3 is 0 Å². The standard InChI is InChI=1S/C13H13FN2O/c1-13(17,7-12-4-2-3-5-16-12)10-6-11(14)9-15-8-10/h2-6,8-9,17H,7H2,1H3. The van der Waals surface area contributed by atoms with Crippen LogP contribution < -0.4 is 0 Å². The minimum Gasteiger partial charge on any atom is -0.385 e. The van der Waals surface area contributed by atoms with Crippen molar-refractivity contribution in [3.8, 4) is 0 Å². The summed E-state index contributed by atoms with van der Waals surface area (Å²) in [5.74, 6) is -0.455. The lowest BCUT2D eigenvalue weighted by molar-refractivity contribution is 0.0559. The summed E-state index contributed by atoms with van der Waals surface area (Å²) in [5.41, 5.74) is 0.0219. The summed E-state index contributed by atoms with van der Waals surface area (Å²) in [7, 11) is 0. The molecule has 0 amide bonds. The Morgan fingerprint density at radius 3 is 2.82 bits per heavy atom. The lowest BCUT2D eigenvalue weighted by atomic mass is 9.92. The fourth-order valence-corrected chi connectivity index (χ4v) is 1.66. The number of nitrogens with zero attached hydrogens (tertiary/aromatic N) is 2. The third-order valence-corrected chi connectivity index (χ3v) is 2.58. The van der Waals surface area contributed by atoms with Gasteiger partial charge in [0.15, 0.2) is 0 Å². The summed E-state index contributed by atoms with van der Waals surface area (Å²) >= 11 is 0. The van der Waals surface area contributed by atoms with Crippen molar-refractivity contribution >= 4 is 0 Å². The average Bonchev–Trinajstić information content (AvgIpc) is 2.30. The zero-order chi connectivity index (χ0) is 12.3. The fraction of sp³-hybridized carbons (Fsp3) is 0.231. The Morgan fingerprint density at radius 2 is 2.18 bits per heavy atom. The van der Waals surface area contributed by atoms with Crippen LogP contribution in [0.2, 0.25) is 0 Å². The quantitative estimate of drug-likeness (QED) is 0.881. The predicted octanol–water partition coefficient (Wildman–Crippen LogP) is 2.07. The number of aromatic nitrogens is 2. The molecule has 0 aliphatic carbocycles. The smallest absolute Gasteiger partial charge is 0.141 e. The molecule has 2 aromatic heterocycles. The summed E-state index contributed by atoms with van der Waals surface area (Å²) in [6.07, 6.45) is 4.56. The molecule has 1 unspecified atom stereocenters. The van der Waals surface area contributed by atoms with Crippen molar-refractivity contribution in [2.45, 2.75) is 18.9 Å². The van der Waals surface area contributed by atoms with Gasteiger partial charge in [-0.2, -0.15) is 0 Å². The number of halogens is 1. The molecule has 0 radical (unpaired) electrons. The van der Waals surface area contributed by atoms with Crippen molar-refractivity contribution in [3.63, 3.8) is 0 Å². The van der Waals surface area contributed by atoms with E-state index in [1.807, 2.05) is 18.2 Å². The van der Waals surface area contributed by atoms with Gasteiger partial charge in [-0.1, -0.05) is 6.07 Å². The van der Waals surface area contributed by atoms with Gasteiger partial charge in [0.25, 0.3) is 0 Å². The Morgan fingerprint density at radius 1 is 1.35 bits per heavy atom. The highest BCUT2D eigenvalue weighted by Gasteiger charge is 2.24. The first-order chi connectivity index (χ1) is 8.08. The Balaban J connectivity index is 2.25. The molecule has 0 fully saturated rings. The molecule has 0 bridgehead atoms. The van der Waals surface area contributed by atoms with E-state index in [0.717, 1.165) is 11.9 Å². The minimum absolute atomic E-state index is 0.318. The molecule has 0 aromatic carbocycles. The molecule has 2 heterocycles. The molecule has 2 aromatic rings. The topological polar surface area (TPSA) is 46.0 Å². The van der Waals surface area contributed by atoms with Crippen LogP contribution in [0.25, 0.3) is 0 Å². The van der Waals surface area contributed by atoms with Gasteiger partial charge in [0.1, 0.15) is 5.82 Å². The lowest BCUT2D eigenvalue weighted by Gasteiger charge is -2.23. The normalized spacial score (nSPS) is 14.3. The molecule has 0 aliphatic rings. The second-order valence-electron chi connectivity index (χ2n) is 4.16. The molecule has 1 N–H and O–H groups in total. The first-order valence-corrected chi connectivity index (χ1v) is 5.31. The molecule has 2 rings (SSSR count). The minimum atomic E-state index is -1.18. The van der Waals surface area contributed by atoms with E-state index < -0.39 is 11.4 Å². The van der Waals surface area contributed by atoms with Crippen LogP contribution >= 0.6 is 0 Å². The largest absolute Gasteiger partial charge is 0.385 e. The maximum absolute atomic E-state index is 13.0. The van der Waals surface area contributed by atoms with Crippen LogP contribution in [0, 0.1) is 5.82 Å². The number of pyridine rings is 2. The highest BCUT2D eigenvalue weighted by molar-refractivity contribution is 5.21. The van der Waals surface area contributed by atoms with E-state index in [1.54, 1.807) is 13.1 Å². The maximum atomic E-state index is 13.0. The predicted molar refractivity (Wildman–Crippen MR) is 61.7 cm³/mol. The van der Waals surface area contributed by atoms with Gasteiger partial charge in [0.2, 0.25) is 0 Å². The zero-order valence-electron chi connectivity index (χ0n) is 9.47. The van der Waals surface area contributed by atoms with Crippen molar-refractivity contribution in [3.05, 3.63) is 59.9 Å². The van der Waals surface area contributed by atoms with Gasteiger partial charge in [-0.05, 0) is 25.1 Å². The first-order valence-electron chi connectivity index (χ1n) is 5.31. The van der Waals surface area contributed by atoms with Crippen LogP contribution in [0.4, 0.5) is 4.39 Å². The van der Waals surface area contributed by atoms with E-state index in [4.69, 9.17) is 0 Å². The molecule has 0 saturated heterocycles. The van der Waals surface area contributed by atoms with Crippen molar-refractivity contribution in [2.24, 2.45) is 0 Å². The summed E-state index contributed by atoms with van der Waals surface area (Å²) in [4.78, 5) is 7.87. The summed E-state index contributed by atoms with van der Waals surface area (Å²) in [6.45, 7) is 1.62. The lowest BCUT2D eigenvalue weighted by Crippen LogP contribution is -2.25. The van der Waals surface area contributed by atoms with E-state index in [9.17, 15) is 9.50 Å². The van der Waals surface area contributed by atoms with Gasteiger partial charge < -0.3 is 5.11 Å². The molecule has 0 saturated carbocycles. The molecule has 0 aliphatic heterocycles. The number of hydrogen-bond donors (Lipinski definition) is 1. The van der Waals surface area contributed by atoms with E-state index in [2.05, 4.69) is 9.97 Å². The third kappa shape index (κ3) is 2.85. The van der Waals surface area contributed by atoms with Crippen molar-refractivity contribution < 1.29 is 9.50 Å². The zero-order valence-corrected chi connectivity index (χ0v) is 9.47. The highest BCUT2D eigenvalue weighted by Crippen LogP contribution is 2.24. The second kappa shape index (κ2) is 4.59. The average molecular weight is 232 g/mol. The molecule has 3 nitrogen and oxygen atoms in total. The van der Waals surface area contributed by atoms with Crippen LogP contribution in [0.15, 0.2) is 42.9 Å². The van der Waals surface area contributed by atoms with Crippen LogP contribution in [0.5, 0.6) is 0 Å². The van der Waals surface area contributed by atoms with Crippen molar-refractivity contribution in [2.75, 3.05) is 0 Å². The van der Waals surface area contributed by atoms with Gasteiger partial charge in [0, 0.05) is 30.1 Å². The summed E-state index contributed by atoms with van der Waals surface area (Å²) in [6, 6.07) is 6.77. The van der Waals surface area contributed by atoms with E-state index >= 15 is 0 Å². The van der Waals surface area contributed by atoms with Crippen LogP contribution in [0.1, 0.15) is 18.2 Å². The van der Waals surface area contributed by atoms with Gasteiger partial charge in [-0.3, -0.25) is 9.97 Å². The van der Waals surface area contributed by atoms with E-state index in [-0.39, 0.29) is 0 Å². The van der Waals surface area contributed by atoms with Gasteiger partial charge in [-0.15, -0.1) is 0 Å². The summed E-state index contributed by atoms with van der Waals surface area (Å²) < 4.78 is 13.0. The Hall–Kier alpha value is -1.81. The Bertz CT molecular complexity index is 500. The Kier molecular flexibility index (Phi) is 3.15. The molecular formula is C13H13FN2O. The van der Waals surface area contributed by atoms with Crippen LogP contribution in [-0.2, 0) is 12.0 Å². The maximum Gasteiger partial charge on any atom is 0.141 e. The van der Waals surface area contributed by atoms with Gasteiger partial charge in [0.05, 0.1) is 11.8 Å². The molecule has 17 heavy (non-hydrogen) atoms. The number of hydrogen-bond acceptors (Lipinski definition) is 3. The van der Waals surface area contributed by atoms with E-state index in [0.29, 0.717) is 12.0 Å². The SMILES string of the molecule is CC(O)(Cc1ccccn1)c1cncc(F)c1. The third-order valence-electron chi connectivity index (χ3n) is 2.58. The monoisotopic (exact) mass is 232 g/mol. The fourth-order valence-electron chi connectivity index (χ4n) is 1.66. The van der Waals surface area contributed by atoms with Crippen LogP contribution in [0.3, 0.4) is 0 Å². The van der Waals surface area contributed by atoms with Gasteiger partial charge in [-0.25, -0.2) is 4.39 Å². The Labute approximate surface area is 99.0 Å². The van der Waals surface area contributed by atoms with E-state index in [1.165, 1.54) is 12.3 Å².